The predicted octanol–water partition coefficient (Wildman–Crippen LogP) is 2.45. The molecule has 0 aliphatic heterocycles. The normalized spacial score (nSPS) is 11.4. The number of nitrogens with one attached hydrogen (secondary N) is 1. The molecule has 0 spiro atoms. The van der Waals surface area contributed by atoms with Crippen LogP contribution in [0.4, 0.5) is 4.79 Å². The van der Waals surface area contributed by atoms with Crippen molar-refractivity contribution in [2.75, 3.05) is 40.1 Å². The Hall–Kier alpha value is -1.77. The Kier molecular flexibility index (Phi) is 12.4. The molecule has 0 heterocycles. The van der Waals surface area contributed by atoms with Crippen LogP contribution in [0.25, 0.3) is 0 Å². The Balaban J connectivity index is 0. The van der Waals surface area contributed by atoms with Crippen LogP contribution in [-0.4, -0.2) is 46.2 Å². The van der Waals surface area contributed by atoms with Gasteiger partial charge in [0.25, 0.3) is 0 Å². The van der Waals surface area contributed by atoms with Crippen molar-refractivity contribution in [1.82, 2.24) is 5.32 Å². The van der Waals surface area contributed by atoms with E-state index in [-0.39, 0.29) is 8.03 Å². The maximum absolute atomic E-state index is 11.3. The Bertz CT molecular complexity index is 394. The zero-order chi connectivity index (χ0) is 15.1. The molecule has 1 rings (SSSR count). The lowest BCUT2D eigenvalue weighted by Crippen LogP contribution is -2.28. The molecule has 5 heteroatoms. The Morgan fingerprint density at radius 2 is 2.15 bits per heavy atom. The minimum absolute atomic E-state index is 0. The second kappa shape index (κ2) is 13.7. The summed E-state index contributed by atoms with van der Waals surface area (Å²) < 4.78 is 15.0. The third-order valence-electron chi connectivity index (χ3n) is 2.02. The van der Waals surface area contributed by atoms with Gasteiger partial charge in [0.05, 0.1) is 19.8 Å². The van der Waals surface area contributed by atoms with Gasteiger partial charge in [-0.15, -0.1) is 0 Å². The molecule has 1 aliphatic rings. The fourth-order valence-corrected chi connectivity index (χ4v) is 1.14. The number of hydrogen-bond acceptors (Lipinski definition) is 4. The van der Waals surface area contributed by atoms with Gasteiger partial charge < -0.3 is 19.5 Å². The summed E-state index contributed by atoms with van der Waals surface area (Å²) in [6.07, 6.45) is 4.90. The number of hydrogen-bond donors (Lipinski definition) is 1. The topological polar surface area (TPSA) is 56.8 Å². The SMILES string of the molecule is CC.COCCOCCNC(=O)OCC1=C=C=CC=C1.[HH]. The van der Waals surface area contributed by atoms with Gasteiger partial charge in [0.15, 0.2) is 0 Å². The summed E-state index contributed by atoms with van der Waals surface area (Å²) in [7, 11) is 1.61. The number of ether oxygens (including phenoxy) is 3. The molecule has 0 saturated heterocycles. The van der Waals surface area contributed by atoms with Gasteiger partial charge >= 0.3 is 6.09 Å². The van der Waals surface area contributed by atoms with Crippen LogP contribution in [0.1, 0.15) is 15.3 Å². The van der Waals surface area contributed by atoms with Crippen LogP contribution >= 0.6 is 0 Å². The first kappa shape index (κ1) is 18.2. The number of amides is 1. The molecule has 1 amide bonds. The molecule has 20 heavy (non-hydrogen) atoms. The number of alkyl carbamates (subject to hydrolysis) is 1. The van der Waals surface area contributed by atoms with Crippen molar-refractivity contribution in [1.29, 1.82) is 0 Å². The summed E-state index contributed by atoms with van der Waals surface area (Å²) in [5.74, 6) is 0. The van der Waals surface area contributed by atoms with Gasteiger partial charge in [0.1, 0.15) is 6.61 Å². The minimum atomic E-state index is -0.470. The quantitative estimate of drug-likeness (QED) is 0.549. The highest BCUT2D eigenvalue weighted by atomic mass is 16.5. The van der Waals surface area contributed by atoms with E-state index < -0.39 is 6.09 Å². The van der Waals surface area contributed by atoms with Crippen molar-refractivity contribution in [3.63, 3.8) is 0 Å². The van der Waals surface area contributed by atoms with Crippen molar-refractivity contribution in [2.24, 2.45) is 0 Å². The summed E-state index contributed by atoms with van der Waals surface area (Å²) in [6.45, 7) is 6.09. The average molecular weight is 283 g/mol. The Morgan fingerprint density at radius 3 is 2.80 bits per heavy atom. The lowest BCUT2D eigenvalue weighted by molar-refractivity contribution is 0.0709. The summed E-state index contributed by atoms with van der Waals surface area (Å²) in [5, 5.41) is 2.58. The molecule has 0 radical (unpaired) electrons. The lowest BCUT2D eigenvalue weighted by Gasteiger charge is -2.07. The van der Waals surface area contributed by atoms with E-state index in [4.69, 9.17) is 14.2 Å². The van der Waals surface area contributed by atoms with Crippen LogP contribution in [-0.2, 0) is 14.2 Å². The highest BCUT2D eigenvalue weighted by molar-refractivity contribution is 5.67. The molecule has 5 nitrogen and oxygen atoms in total. The van der Waals surface area contributed by atoms with Crippen molar-refractivity contribution in [2.45, 2.75) is 13.8 Å². The van der Waals surface area contributed by atoms with Crippen molar-refractivity contribution < 1.29 is 20.4 Å². The number of carbonyl (C=O) groups is 1. The molecule has 1 N–H and O–H groups in total. The van der Waals surface area contributed by atoms with Crippen LogP contribution < -0.4 is 5.32 Å². The van der Waals surface area contributed by atoms with Crippen LogP contribution in [0.15, 0.2) is 35.3 Å². The molecule has 0 bridgehead atoms. The number of rotatable bonds is 8. The summed E-state index contributed by atoms with van der Waals surface area (Å²) in [6, 6.07) is 0. The highest BCUT2D eigenvalue weighted by Crippen LogP contribution is 1.99. The molecule has 0 aromatic carbocycles. The van der Waals surface area contributed by atoms with E-state index in [9.17, 15) is 4.79 Å². The summed E-state index contributed by atoms with van der Waals surface area (Å²) in [4.78, 5) is 11.3. The van der Waals surface area contributed by atoms with E-state index in [1.165, 1.54) is 0 Å². The largest absolute Gasteiger partial charge is 0.444 e. The Labute approximate surface area is 122 Å². The zero-order valence-electron chi connectivity index (χ0n) is 12.4. The first-order valence-electron chi connectivity index (χ1n) is 6.67. The van der Waals surface area contributed by atoms with Gasteiger partial charge in [-0.05, 0) is 12.2 Å². The van der Waals surface area contributed by atoms with Crippen LogP contribution in [0, 0.1) is 0 Å². The zero-order valence-corrected chi connectivity index (χ0v) is 12.4. The van der Waals surface area contributed by atoms with Gasteiger partial charge in [-0.1, -0.05) is 31.4 Å². The molecular formula is C15H25NO4. The van der Waals surface area contributed by atoms with Crippen molar-refractivity contribution in [3.8, 4) is 0 Å². The maximum Gasteiger partial charge on any atom is 0.407 e. The van der Waals surface area contributed by atoms with Gasteiger partial charge in [0, 0.05) is 20.7 Å². The summed E-state index contributed by atoms with van der Waals surface area (Å²) >= 11 is 0. The van der Waals surface area contributed by atoms with Crippen LogP contribution in [0.3, 0.4) is 0 Å². The molecule has 1 aliphatic carbocycles. The molecule has 0 aromatic rings. The van der Waals surface area contributed by atoms with E-state index in [0.717, 1.165) is 5.57 Å². The minimum Gasteiger partial charge on any atom is -0.444 e. The fourth-order valence-electron chi connectivity index (χ4n) is 1.14. The standard InChI is InChI=1S/C13H17NO4.C2H6.H2/c1-16-9-10-17-8-7-14-13(15)18-11-12-5-3-2-4-6-12;1-2;/h2-3,5H,7-11H2,1H3,(H,14,15);1-2H3;1H. The van der Waals surface area contributed by atoms with Crippen molar-refractivity contribution >= 4 is 6.09 Å². The van der Waals surface area contributed by atoms with Gasteiger partial charge in [-0.25, -0.2) is 4.79 Å². The summed E-state index contributed by atoms with van der Waals surface area (Å²) in [5.41, 5.74) is 6.42. The van der Waals surface area contributed by atoms with E-state index in [1.807, 2.05) is 26.0 Å². The van der Waals surface area contributed by atoms with E-state index in [2.05, 4.69) is 16.8 Å². The average Bonchev–Trinajstić information content (AvgIpc) is 2.52. The third-order valence-corrected chi connectivity index (χ3v) is 2.02. The molecule has 0 aromatic heterocycles. The lowest BCUT2D eigenvalue weighted by atomic mass is 10.2. The second-order valence-corrected chi connectivity index (χ2v) is 3.43. The molecule has 0 saturated carbocycles. The monoisotopic (exact) mass is 283 g/mol. The number of methoxy groups -OCH3 is 1. The smallest absolute Gasteiger partial charge is 0.407 e. The molecule has 0 atom stereocenters. The molecule has 0 unspecified atom stereocenters. The van der Waals surface area contributed by atoms with Crippen LogP contribution in [0.2, 0.25) is 0 Å². The highest BCUT2D eigenvalue weighted by Gasteiger charge is 2.02. The van der Waals surface area contributed by atoms with Gasteiger partial charge in [-0.2, -0.15) is 0 Å². The van der Waals surface area contributed by atoms with E-state index in [1.54, 1.807) is 13.2 Å². The van der Waals surface area contributed by atoms with E-state index >= 15 is 0 Å². The van der Waals surface area contributed by atoms with Crippen LogP contribution in [0.5, 0.6) is 0 Å². The van der Waals surface area contributed by atoms with Gasteiger partial charge in [-0.3, -0.25) is 0 Å². The molecular weight excluding hydrogens is 258 g/mol. The van der Waals surface area contributed by atoms with Crippen molar-refractivity contribution in [3.05, 3.63) is 35.3 Å². The second-order valence-electron chi connectivity index (χ2n) is 3.43. The van der Waals surface area contributed by atoms with E-state index in [0.29, 0.717) is 26.4 Å². The first-order chi connectivity index (χ1) is 9.83. The number of carbonyl (C=O) groups excluding carboxylic acids is 1. The fraction of sp³-hybridized carbons (Fsp3) is 0.533. The third kappa shape index (κ3) is 10.2. The number of allylic oxidation sites excluding steroid dienone is 2. The first-order valence-corrected chi connectivity index (χ1v) is 6.67. The maximum atomic E-state index is 11.3. The Morgan fingerprint density at radius 1 is 1.35 bits per heavy atom. The molecule has 0 fully saturated rings. The van der Waals surface area contributed by atoms with Gasteiger partial charge in [0.2, 0.25) is 0 Å². The predicted molar refractivity (Wildman–Crippen MR) is 79.8 cm³/mol. The molecule has 114 valence electrons.